The SMILES string of the molecule is Cc1cc(N2CCN([C@H](C)c3nc(C(C)C)no3)CC2)nc(C(C)C)n1. The number of aromatic nitrogens is 4. The standard InChI is InChI=1S/C19H30N6O/c1-12(2)17-20-14(5)11-16(21-17)25-9-7-24(8-10-25)15(6)19-22-18(13(3)4)23-26-19/h11-13,15H,7-10H2,1-6H3/t15-/m1/s1. The lowest BCUT2D eigenvalue weighted by atomic mass is 10.2. The summed E-state index contributed by atoms with van der Waals surface area (Å²) >= 11 is 0. The van der Waals surface area contributed by atoms with Crippen LogP contribution < -0.4 is 4.90 Å². The molecule has 2 aromatic rings. The average molecular weight is 358 g/mol. The van der Waals surface area contributed by atoms with Crippen LogP contribution in [0.15, 0.2) is 10.6 Å². The molecule has 0 aromatic carbocycles. The van der Waals surface area contributed by atoms with Crippen molar-refractivity contribution in [1.82, 2.24) is 25.0 Å². The summed E-state index contributed by atoms with van der Waals surface area (Å²) in [7, 11) is 0. The maximum absolute atomic E-state index is 5.47. The Kier molecular flexibility index (Phi) is 5.55. The maximum Gasteiger partial charge on any atom is 0.243 e. The molecule has 3 rings (SSSR count). The van der Waals surface area contributed by atoms with Crippen molar-refractivity contribution in [3.8, 4) is 0 Å². The smallest absolute Gasteiger partial charge is 0.243 e. The van der Waals surface area contributed by atoms with Gasteiger partial charge in [0.25, 0.3) is 0 Å². The van der Waals surface area contributed by atoms with Gasteiger partial charge in [-0.25, -0.2) is 9.97 Å². The minimum Gasteiger partial charge on any atom is -0.354 e. The minimum absolute atomic E-state index is 0.135. The average Bonchev–Trinajstić information content (AvgIpc) is 3.11. The van der Waals surface area contributed by atoms with Gasteiger partial charge < -0.3 is 9.42 Å². The zero-order chi connectivity index (χ0) is 18.8. The van der Waals surface area contributed by atoms with Crippen molar-refractivity contribution >= 4 is 5.82 Å². The van der Waals surface area contributed by atoms with Crippen LogP contribution >= 0.6 is 0 Å². The molecule has 0 amide bonds. The van der Waals surface area contributed by atoms with E-state index >= 15 is 0 Å². The number of anilines is 1. The van der Waals surface area contributed by atoms with Gasteiger partial charge in [0, 0.05) is 49.8 Å². The molecule has 1 fully saturated rings. The van der Waals surface area contributed by atoms with E-state index in [4.69, 9.17) is 9.51 Å². The number of piperazine rings is 1. The lowest BCUT2D eigenvalue weighted by molar-refractivity contribution is 0.164. The predicted octanol–water partition coefficient (Wildman–Crippen LogP) is 3.30. The summed E-state index contributed by atoms with van der Waals surface area (Å²) in [4.78, 5) is 18.6. The highest BCUT2D eigenvalue weighted by Gasteiger charge is 2.27. The summed E-state index contributed by atoms with van der Waals surface area (Å²) in [5.41, 5.74) is 1.03. The Bertz CT molecular complexity index is 733. The van der Waals surface area contributed by atoms with Gasteiger partial charge in [0.05, 0.1) is 6.04 Å². The zero-order valence-electron chi connectivity index (χ0n) is 16.7. The molecule has 0 spiro atoms. The van der Waals surface area contributed by atoms with Crippen LogP contribution in [0.2, 0.25) is 0 Å². The summed E-state index contributed by atoms with van der Waals surface area (Å²) in [6.07, 6.45) is 0. The van der Waals surface area contributed by atoms with E-state index in [0.29, 0.717) is 11.8 Å². The monoisotopic (exact) mass is 358 g/mol. The van der Waals surface area contributed by atoms with E-state index in [2.05, 4.69) is 65.6 Å². The van der Waals surface area contributed by atoms with Crippen LogP contribution in [0.5, 0.6) is 0 Å². The summed E-state index contributed by atoms with van der Waals surface area (Å²) in [6, 6.07) is 2.22. The Hall–Kier alpha value is -2.02. The van der Waals surface area contributed by atoms with Gasteiger partial charge in [-0.2, -0.15) is 4.98 Å². The fraction of sp³-hybridized carbons (Fsp3) is 0.684. The summed E-state index contributed by atoms with van der Waals surface area (Å²) in [6.45, 7) is 16.4. The predicted molar refractivity (Wildman–Crippen MR) is 101 cm³/mol. The molecule has 7 nitrogen and oxygen atoms in total. The molecular formula is C19H30N6O. The summed E-state index contributed by atoms with van der Waals surface area (Å²) in [5.74, 6) is 4.07. The van der Waals surface area contributed by atoms with Crippen LogP contribution in [0.25, 0.3) is 0 Å². The van der Waals surface area contributed by atoms with Gasteiger partial charge in [-0.1, -0.05) is 32.9 Å². The van der Waals surface area contributed by atoms with Gasteiger partial charge in [0.2, 0.25) is 5.89 Å². The first kappa shape index (κ1) is 18.8. The Labute approximate surface area is 155 Å². The van der Waals surface area contributed by atoms with Gasteiger partial charge in [-0.05, 0) is 13.8 Å². The second kappa shape index (κ2) is 7.70. The van der Waals surface area contributed by atoms with E-state index in [-0.39, 0.29) is 12.0 Å². The Morgan fingerprint density at radius 2 is 1.54 bits per heavy atom. The van der Waals surface area contributed by atoms with Gasteiger partial charge in [0.1, 0.15) is 11.6 Å². The molecular weight excluding hydrogens is 328 g/mol. The van der Waals surface area contributed by atoms with Crippen molar-refractivity contribution in [2.24, 2.45) is 0 Å². The second-order valence-corrected chi connectivity index (χ2v) is 7.72. The van der Waals surface area contributed by atoms with Gasteiger partial charge in [0.15, 0.2) is 5.82 Å². The van der Waals surface area contributed by atoms with E-state index in [1.165, 1.54) is 0 Å². The molecule has 1 atom stereocenters. The molecule has 0 aliphatic carbocycles. The first-order valence-electron chi connectivity index (χ1n) is 9.53. The molecule has 1 aliphatic rings. The first-order valence-corrected chi connectivity index (χ1v) is 9.53. The van der Waals surface area contributed by atoms with Crippen LogP contribution in [0.3, 0.4) is 0 Å². The number of aryl methyl sites for hydroxylation is 1. The number of hydrogen-bond acceptors (Lipinski definition) is 7. The molecule has 142 valence electrons. The fourth-order valence-corrected chi connectivity index (χ4v) is 3.14. The molecule has 1 aliphatic heterocycles. The molecule has 7 heteroatoms. The lowest BCUT2D eigenvalue weighted by Crippen LogP contribution is -2.47. The molecule has 26 heavy (non-hydrogen) atoms. The molecule has 0 saturated carbocycles. The van der Waals surface area contributed by atoms with E-state index in [1.807, 2.05) is 6.92 Å². The van der Waals surface area contributed by atoms with E-state index in [9.17, 15) is 0 Å². The highest BCUT2D eigenvalue weighted by Crippen LogP contribution is 2.24. The molecule has 0 bridgehead atoms. The van der Waals surface area contributed by atoms with Crippen LogP contribution in [-0.4, -0.2) is 51.2 Å². The third kappa shape index (κ3) is 4.03. The second-order valence-electron chi connectivity index (χ2n) is 7.72. The molecule has 2 aromatic heterocycles. The summed E-state index contributed by atoms with van der Waals surface area (Å²) < 4.78 is 5.47. The van der Waals surface area contributed by atoms with Crippen molar-refractivity contribution in [3.05, 3.63) is 29.3 Å². The zero-order valence-corrected chi connectivity index (χ0v) is 16.7. The number of rotatable bonds is 5. The van der Waals surface area contributed by atoms with Gasteiger partial charge >= 0.3 is 0 Å². The van der Waals surface area contributed by atoms with E-state index in [0.717, 1.165) is 49.3 Å². The van der Waals surface area contributed by atoms with Crippen LogP contribution in [-0.2, 0) is 0 Å². The minimum atomic E-state index is 0.135. The van der Waals surface area contributed by atoms with Crippen molar-refractivity contribution < 1.29 is 4.52 Å². The molecule has 0 N–H and O–H groups in total. The Morgan fingerprint density at radius 3 is 2.12 bits per heavy atom. The largest absolute Gasteiger partial charge is 0.354 e. The van der Waals surface area contributed by atoms with Crippen LogP contribution in [0, 0.1) is 6.92 Å². The van der Waals surface area contributed by atoms with Crippen molar-refractivity contribution in [2.45, 2.75) is 59.4 Å². The lowest BCUT2D eigenvalue weighted by Gasteiger charge is -2.37. The number of hydrogen-bond donors (Lipinski definition) is 0. The van der Waals surface area contributed by atoms with Crippen molar-refractivity contribution in [2.75, 3.05) is 31.1 Å². The Morgan fingerprint density at radius 1 is 0.885 bits per heavy atom. The number of nitrogens with zero attached hydrogens (tertiary/aromatic N) is 6. The Balaban J connectivity index is 1.65. The quantitative estimate of drug-likeness (QED) is 0.812. The topological polar surface area (TPSA) is 71.2 Å². The fourth-order valence-electron chi connectivity index (χ4n) is 3.14. The third-order valence-corrected chi connectivity index (χ3v) is 4.89. The van der Waals surface area contributed by atoms with Crippen LogP contribution in [0.4, 0.5) is 5.82 Å². The van der Waals surface area contributed by atoms with Crippen molar-refractivity contribution in [1.29, 1.82) is 0 Å². The molecule has 0 unspecified atom stereocenters. The van der Waals surface area contributed by atoms with E-state index < -0.39 is 0 Å². The molecule has 0 radical (unpaired) electrons. The first-order chi connectivity index (χ1) is 12.3. The molecule has 3 heterocycles. The highest BCUT2D eigenvalue weighted by atomic mass is 16.5. The van der Waals surface area contributed by atoms with Gasteiger partial charge in [-0.15, -0.1) is 0 Å². The van der Waals surface area contributed by atoms with Crippen LogP contribution in [0.1, 0.15) is 75.7 Å². The van der Waals surface area contributed by atoms with E-state index in [1.54, 1.807) is 0 Å². The normalized spacial score (nSPS) is 17.3. The maximum atomic E-state index is 5.47. The van der Waals surface area contributed by atoms with Crippen molar-refractivity contribution in [3.63, 3.8) is 0 Å². The summed E-state index contributed by atoms with van der Waals surface area (Å²) in [5, 5.41) is 4.09. The van der Waals surface area contributed by atoms with Gasteiger partial charge in [-0.3, -0.25) is 4.90 Å². The molecule has 1 saturated heterocycles. The third-order valence-electron chi connectivity index (χ3n) is 4.89. The highest BCUT2D eigenvalue weighted by molar-refractivity contribution is 5.40.